The van der Waals surface area contributed by atoms with Crippen LogP contribution in [0.25, 0.3) is 5.57 Å². The van der Waals surface area contributed by atoms with Crippen molar-refractivity contribution in [2.75, 3.05) is 7.11 Å². The SMILES string of the molecule is COC(=O)C(=C=CC(O)(c1ccccc1)c1ccccc1)c1ccccc1. The summed E-state index contributed by atoms with van der Waals surface area (Å²) in [5.74, 6) is -0.513. The number of ether oxygens (including phenoxy) is 1. The molecular weight excluding hydrogens is 336 g/mol. The third-order valence-corrected chi connectivity index (χ3v) is 4.31. The fourth-order valence-electron chi connectivity index (χ4n) is 2.86. The van der Waals surface area contributed by atoms with Gasteiger partial charge in [0.15, 0.2) is 0 Å². The van der Waals surface area contributed by atoms with Gasteiger partial charge in [-0.05, 0) is 22.8 Å². The number of hydrogen-bond donors (Lipinski definition) is 1. The van der Waals surface area contributed by atoms with Crippen molar-refractivity contribution >= 4 is 11.5 Å². The largest absolute Gasteiger partial charge is 0.465 e. The second-order valence-corrected chi connectivity index (χ2v) is 6.02. The number of esters is 1. The van der Waals surface area contributed by atoms with Crippen molar-refractivity contribution in [1.29, 1.82) is 0 Å². The van der Waals surface area contributed by atoms with Gasteiger partial charge in [0.2, 0.25) is 0 Å². The van der Waals surface area contributed by atoms with Crippen LogP contribution in [0, 0.1) is 0 Å². The molecule has 0 saturated carbocycles. The molecule has 0 aliphatic heterocycles. The van der Waals surface area contributed by atoms with Gasteiger partial charge < -0.3 is 9.84 Å². The van der Waals surface area contributed by atoms with Gasteiger partial charge in [0.1, 0.15) is 11.2 Å². The van der Waals surface area contributed by atoms with Crippen molar-refractivity contribution in [3.63, 3.8) is 0 Å². The van der Waals surface area contributed by atoms with Crippen molar-refractivity contribution in [2.24, 2.45) is 0 Å². The van der Waals surface area contributed by atoms with Crippen LogP contribution in [0.2, 0.25) is 0 Å². The van der Waals surface area contributed by atoms with Crippen LogP contribution in [0.15, 0.2) is 103 Å². The predicted molar refractivity (Wildman–Crippen MR) is 106 cm³/mol. The van der Waals surface area contributed by atoms with Gasteiger partial charge >= 0.3 is 5.97 Å². The van der Waals surface area contributed by atoms with Gasteiger partial charge in [0.25, 0.3) is 0 Å². The van der Waals surface area contributed by atoms with Crippen LogP contribution < -0.4 is 0 Å². The zero-order chi connectivity index (χ0) is 19.1. The third-order valence-electron chi connectivity index (χ3n) is 4.31. The second-order valence-electron chi connectivity index (χ2n) is 6.02. The molecule has 27 heavy (non-hydrogen) atoms. The number of benzene rings is 3. The topological polar surface area (TPSA) is 46.5 Å². The molecule has 134 valence electrons. The van der Waals surface area contributed by atoms with Crippen molar-refractivity contribution in [2.45, 2.75) is 5.60 Å². The minimum absolute atomic E-state index is 0.253. The van der Waals surface area contributed by atoms with Crippen LogP contribution in [0.5, 0.6) is 0 Å². The van der Waals surface area contributed by atoms with E-state index in [2.05, 4.69) is 5.73 Å². The molecule has 1 N–H and O–H groups in total. The van der Waals surface area contributed by atoms with E-state index >= 15 is 0 Å². The molecule has 0 spiro atoms. The summed E-state index contributed by atoms with van der Waals surface area (Å²) in [6.07, 6.45) is 1.51. The molecule has 3 aromatic carbocycles. The fraction of sp³-hybridized carbons (Fsp3) is 0.0833. The van der Waals surface area contributed by atoms with Crippen LogP contribution >= 0.6 is 0 Å². The van der Waals surface area contributed by atoms with Gasteiger partial charge in [-0.3, -0.25) is 0 Å². The molecule has 0 amide bonds. The average molecular weight is 356 g/mol. The van der Waals surface area contributed by atoms with Gasteiger partial charge in [0.05, 0.1) is 7.11 Å². The van der Waals surface area contributed by atoms with Gasteiger partial charge in [-0.25, -0.2) is 4.79 Å². The lowest BCUT2D eigenvalue weighted by Gasteiger charge is -2.25. The summed E-state index contributed by atoms with van der Waals surface area (Å²) in [4.78, 5) is 12.3. The molecule has 0 atom stereocenters. The first-order valence-corrected chi connectivity index (χ1v) is 8.60. The van der Waals surface area contributed by atoms with Gasteiger partial charge in [-0.2, -0.15) is 0 Å². The molecule has 0 radical (unpaired) electrons. The van der Waals surface area contributed by atoms with Gasteiger partial charge in [0, 0.05) is 0 Å². The summed E-state index contributed by atoms with van der Waals surface area (Å²) in [5.41, 5.74) is 3.84. The lowest BCUT2D eigenvalue weighted by Crippen LogP contribution is -2.24. The molecule has 0 aliphatic rings. The van der Waals surface area contributed by atoms with E-state index in [4.69, 9.17) is 4.74 Å². The fourth-order valence-corrected chi connectivity index (χ4v) is 2.86. The van der Waals surface area contributed by atoms with Crippen LogP contribution in [-0.2, 0) is 15.1 Å². The summed E-state index contributed by atoms with van der Waals surface area (Å²) in [6, 6.07) is 27.7. The Kier molecular flexibility index (Phi) is 5.68. The van der Waals surface area contributed by atoms with E-state index in [1.807, 2.05) is 78.9 Å². The van der Waals surface area contributed by atoms with Gasteiger partial charge in [-0.15, -0.1) is 5.73 Å². The van der Waals surface area contributed by atoms with Crippen LogP contribution in [-0.4, -0.2) is 18.2 Å². The quantitative estimate of drug-likeness (QED) is 0.420. The Balaban J connectivity index is 2.20. The Morgan fingerprint density at radius 3 is 1.74 bits per heavy atom. The smallest absolute Gasteiger partial charge is 0.346 e. The van der Waals surface area contributed by atoms with Crippen LogP contribution in [0.1, 0.15) is 16.7 Å². The monoisotopic (exact) mass is 356 g/mol. The average Bonchev–Trinajstić information content (AvgIpc) is 2.75. The first-order chi connectivity index (χ1) is 13.1. The van der Waals surface area contributed by atoms with E-state index in [1.165, 1.54) is 13.2 Å². The first kappa shape index (κ1) is 18.4. The summed E-state index contributed by atoms with van der Waals surface area (Å²) >= 11 is 0. The molecule has 3 heteroatoms. The molecule has 0 unspecified atom stereocenters. The number of aliphatic hydroxyl groups is 1. The summed E-state index contributed by atoms with van der Waals surface area (Å²) < 4.78 is 4.90. The molecule has 0 aromatic heterocycles. The Bertz CT molecular complexity index is 915. The minimum Gasteiger partial charge on any atom is -0.465 e. The van der Waals surface area contributed by atoms with E-state index in [0.29, 0.717) is 16.7 Å². The third kappa shape index (κ3) is 4.06. The Hall–Kier alpha value is -3.39. The Morgan fingerprint density at radius 1 is 0.852 bits per heavy atom. The summed E-state index contributed by atoms with van der Waals surface area (Å²) in [7, 11) is 1.33. The molecule has 0 aliphatic carbocycles. The van der Waals surface area contributed by atoms with Crippen LogP contribution in [0.3, 0.4) is 0 Å². The van der Waals surface area contributed by atoms with Crippen molar-refractivity contribution in [3.05, 3.63) is 119 Å². The molecule has 0 fully saturated rings. The minimum atomic E-state index is -1.43. The number of carbonyl (C=O) groups is 1. The molecule has 0 saturated heterocycles. The lowest BCUT2D eigenvalue weighted by atomic mass is 9.86. The molecule has 3 nitrogen and oxygen atoms in total. The summed E-state index contributed by atoms with van der Waals surface area (Å²) in [6.45, 7) is 0. The molecule has 0 bridgehead atoms. The highest BCUT2D eigenvalue weighted by Gasteiger charge is 2.28. The number of carbonyl (C=O) groups excluding carboxylic acids is 1. The van der Waals surface area contributed by atoms with Gasteiger partial charge in [-0.1, -0.05) is 91.0 Å². The Morgan fingerprint density at radius 2 is 1.30 bits per heavy atom. The number of methoxy groups -OCH3 is 1. The van der Waals surface area contributed by atoms with E-state index in [9.17, 15) is 9.90 Å². The zero-order valence-electron chi connectivity index (χ0n) is 15.0. The zero-order valence-corrected chi connectivity index (χ0v) is 15.0. The van der Waals surface area contributed by atoms with Crippen molar-refractivity contribution in [1.82, 2.24) is 0 Å². The van der Waals surface area contributed by atoms with Crippen LogP contribution in [0.4, 0.5) is 0 Å². The predicted octanol–water partition coefficient (Wildman–Crippen LogP) is 4.33. The van der Waals surface area contributed by atoms with Crippen molar-refractivity contribution < 1.29 is 14.6 Å². The van der Waals surface area contributed by atoms with E-state index in [0.717, 1.165) is 0 Å². The first-order valence-electron chi connectivity index (χ1n) is 8.60. The molecule has 3 rings (SSSR count). The Labute approximate surface area is 158 Å². The van der Waals surface area contributed by atoms with E-state index in [1.54, 1.807) is 12.1 Å². The molecular formula is C24H20O3. The highest BCUT2D eigenvalue weighted by Crippen LogP contribution is 2.31. The molecule has 0 heterocycles. The lowest BCUT2D eigenvalue weighted by molar-refractivity contribution is -0.133. The van der Waals surface area contributed by atoms with E-state index < -0.39 is 11.6 Å². The number of hydrogen-bond acceptors (Lipinski definition) is 3. The molecule has 3 aromatic rings. The highest BCUT2D eigenvalue weighted by atomic mass is 16.5. The normalized spacial score (nSPS) is 10.6. The maximum Gasteiger partial charge on any atom is 0.346 e. The second kappa shape index (κ2) is 8.33. The number of rotatable bonds is 5. The summed E-state index contributed by atoms with van der Waals surface area (Å²) in [5, 5.41) is 11.5. The maximum atomic E-state index is 12.3. The highest BCUT2D eigenvalue weighted by molar-refractivity contribution is 6.16. The standard InChI is InChI=1S/C24H20O3/c1-27-23(25)22(19-11-5-2-6-12-19)17-18-24(26,20-13-7-3-8-14-20)21-15-9-4-10-16-21/h2-16,18,26H,1H3. The van der Waals surface area contributed by atoms with E-state index in [-0.39, 0.29) is 5.57 Å². The van der Waals surface area contributed by atoms with Crippen molar-refractivity contribution in [3.8, 4) is 0 Å². The maximum absolute atomic E-state index is 12.3.